The summed E-state index contributed by atoms with van der Waals surface area (Å²) in [6.07, 6.45) is 0.743. The molecule has 3 aromatic carbocycles. The first-order chi connectivity index (χ1) is 14.7. The summed E-state index contributed by atoms with van der Waals surface area (Å²) in [7, 11) is -3.87. The van der Waals surface area contributed by atoms with Crippen LogP contribution in [0.15, 0.2) is 65.6 Å². The van der Waals surface area contributed by atoms with Crippen LogP contribution in [0, 0.1) is 12.7 Å². The molecule has 0 unspecified atom stereocenters. The second kappa shape index (κ2) is 8.42. The van der Waals surface area contributed by atoms with Crippen molar-refractivity contribution in [1.82, 2.24) is 4.72 Å². The van der Waals surface area contributed by atoms with Crippen molar-refractivity contribution in [2.45, 2.75) is 24.8 Å². The van der Waals surface area contributed by atoms with E-state index in [0.717, 1.165) is 41.4 Å². The summed E-state index contributed by atoms with van der Waals surface area (Å²) in [5, 5.41) is -0.259. The molecule has 0 bridgehead atoms. The van der Waals surface area contributed by atoms with Gasteiger partial charge in [-0.15, -0.1) is 0 Å². The monoisotopic (exact) mass is 458 g/mol. The molecule has 1 heterocycles. The molecule has 5 nitrogen and oxygen atoms in total. The van der Waals surface area contributed by atoms with Gasteiger partial charge in [0, 0.05) is 24.3 Å². The number of amides is 1. The average Bonchev–Trinajstić information content (AvgIpc) is 3.17. The first-order valence-corrected chi connectivity index (χ1v) is 11.6. The minimum atomic E-state index is -3.87. The van der Waals surface area contributed by atoms with Crippen LogP contribution in [-0.4, -0.2) is 20.9 Å². The van der Waals surface area contributed by atoms with Gasteiger partial charge in [-0.05, 0) is 60.9 Å². The van der Waals surface area contributed by atoms with E-state index in [-0.39, 0.29) is 22.4 Å². The van der Waals surface area contributed by atoms with Gasteiger partial charge in [0.2, 0.25) is 10.0 Å². The molecule has 0 atom stereocenters. The first kappa shape index (κ1) is 21.5. The van der Waals surface area contributed by atoms with Crippen molar-refractivity contribution >= 4 is 33.2 Å². The largest absolute Gasteiger partial charge is 0.308 e. The third-order valence-corrected chi connectivity index (χ3v) is 6.91. The molecule has 0 saturated carbocycles. The number of nitrogens with zero attached hydrogens (tertiary/aromatic N) is 1. The van der Waals surface area contributed by atoms with Gasteiger partial charge >= 0.3 is 0 Å². The molecule has 160 valence electrons. The number of hydrogen-bond donors (Lipinski definition) is 1. The van der Waals surface area contributed by atoms with Crippen LogP contribution in [0.4, 0.5) is 10.1 Å². The number of benzene rings is 3. The van der Waals surface area contributed by atoms with E-state index in [4.69, 9.17) is 11.6 Å². The quantitative estimate of drug-likeness (QED) is 0.613. The zero-order chi connectivity index (χ0) is 22.2. The number of halogens is 2. The summed E-state index contributed by atoms with van der Waals surface area (Å²) in [5.41, 5.74) is 4.16. The molecule has 0 aromatic heterocycles. The summed E-state index contributed by atoms with van der Waals surface area (Å²) in [6.45, 7) is 2.54. The fourth-order valence-electron chi connectivity index (χ4n) is 3.59. The Morgan fingerprint density at radius 3 is 2.68 bits per heavy atom. The summed E-state index contributed by atoms with van der Waals surface area (Å²) in [6, 6.07) is 16.3. The maximum atomic E-state index is 13.3. The third kappa shape index (κ3) is 4.49. The zero-order valence-electron chi connectivity index (χ0n) is 16.7. The number of anilines is 1. The van der Waals surface area contributed by atoms with E-state index in [1.165, 1.54) is 0 Å². The minimum absolute atomic E-state index is 0.0249. The smallest absolute Gasteiger partial charge is 0.258 e. The van der Waals surface area contributed by atoms with Crippen LogP contribution in [0.2, 0.25) is 5.02 Å². The van der Waals surface area contributed by atoms with E-state index in [1.54, 1.807) is 11.0 Å². The van der Waals surface area contributed by atoms with Crippen LogP contribution in [0.1, 0.15) is 27.0 Å². The van der Waals surface area contributed by atoms with Gasteiger partial charge in [0.1, 0.15) is 5.82 Å². The minimum Gasteiger partial charge on any atom is -0.308 e. The van der Waals surface area contributed by atoms with Gasteiger partial charge in [-0.3, -0.25) is 4.79 Å². The summed E-state index contributed by atoms with van der Waals surface area (Å²) in [5.74, 6) is -0.765. The highest BCUT2D eigenvalue weighted by atomic mass is 35.5. The molecule has 8 heteroatoms. The van der Waals surface area contributed by atoms with Gasteiger partial charge < -0.3 is 4.90 Å². The molecule has 3 aromatic rings. The summed E-state index contributed by atoms with van der Waals surface area (Å²) < 4.78 is 40.9. The van der Waals surface area contributed by atoms with Crippen LogP contribution in [0.3, 0.4) is 0 Å². The molecule has 0 aliphatic carbocycles. The fraction of sp³-hybridized carbons (Fsp3) is 0.174. The number of rotatable bonds is 5. The van der Waals surface area contributed by atoms with Crippen molar-refractivity contribution in [3.05, 3.63) is 93.8 Å². The van der Waals surface area contributed by atoms with E-state index >= 15 is 0 Å². The highest BCUT2D eigenvalue weighted by Gasteiger charge is 2.26. The van der Waals surface area contributed by atoms with E-state index in [0.29, 0.717) is 17.7 Å². The van der Waals surface area contributed by atoms with E-state index < -0.39 is 15.8 Å². The number of hydrogen-bond acceptors (Lipinski definition) is 3. The number of fused-ring (bicyclic) bond motifs is 1. The van der Waals surface area contributed by atoms with E-state index in [1.807, 2.05) is 43.3 Å². The van der Waals surface area contributed by atoms with Crippen molar-refractivity contribution in [3.63, 3.8) is 0 Å². The number of carbonyl (C=O) groups excluding carboxylic acids is 1. The van der Waals surface area contributed by atoms with Gasteiger partial charge in [0.05, 0.1) is 9.92 Å². The molecule has 1 N–H and O–H groups in total. The molecule has 31 heavy (non-hydrogen) atoms. The second-order valence-corrected chi connectivity index (χ2v) is 9.61. The Labute approximate surface area is 185 Å². The van der Waals surface area contributed by atoms with Crippen LogP contribution >= 0.6 is 11.6 Å². The molecule has 0 radical (unpaired) electrons. The van der Waals surface area contributed by atoms with E-state index in [2.05, 4.69) is 4.72 Å². The second-order valence-electron chi connectivity index (χ2n) is 7.44. The average molecular weight is 459 g/mol. The van der Waals surface area contributed by atoms with Crippen LogP contribution in [0.5, 0.6) is 0 Å². The van der Waals surface area contributed by atoms with Crippen molar-refractivity contribution in [1.29, 1.82) is 0 Å². The Morgan fingerprint density at radius 1 is 1.13 bits per heavy atom. The molecule has 1 amide bonds. The van der Waals surface area contributed by atoms with Crippen LogP contribution < -0.4 is 9.62 Å². The lowest BCUT2D eigenvalue weighted by Crippen LogP contribution is -2.29. The van der Waals surface area contributed by atoms with E-state index in [9.17, 15) is 17.6 Å². The third-order valence-electron chi connectivity index (χ3n) is 5.22. The number of aryl methyl sites for hydroxylation is 1. The van der Waals surface area contributed by atoms with Crippen LogP contribution in [0.25, 0.3) is 0 Å². The maximum Gasteiger partial charge on any atom is 0.258 e. The van der Waals surface area contributed by atoms with Crippen molar-refractivity contribution in [2.75, 3.05) is 11.4 Å². The van der Waals surface area contributed by atoms with Gasteiger partial charge in [0.25, 0.3) is 5.91 Å². The highest BCUT2D eigenvalue weighted by molar-refractivity contribution is 7.89. The molecule has 1 aliphatic heterocycles. The number of sulfonamides is 1. The summed E-state index contributed by atoms with van der Waals surface area (Å²) >= 11 is 5.70. The Morgan fingerprint density at radius 2 is 1.94 bits per heavy atom. The molecule has 0 saturated heterocycles. The Hall–Kier alpha value is -2.74. The maximum absolute atomic E-state index is 13.3. The molecular weight excluding hydrogens is 439 g/mol. The lowest BCUT2D eigenvalue weighted by molar-refractivity contribution is 0.0989. The van der Waals surface area contributed by atoms with Crippen LogP contribution in [-0.2, 0) is 23.0 Å². The standard InChI is InChI=1S/C23H20ClFN2O3S/c1-15-3-2-4-18(11-15)23(28)27-10-9-17-6-5-16(12-22(17)27)14-26-31(29,30)19-7-8-21(25)20(24)13-19/h2-8,11-13,26H,9-10,14H2,1H3. The zero-order valence-corrected chi connectivity index (χ0v) is 18.3. The number of nitrogens with one attached hydrogen (secondary N) is 1. The lowest BCUT2D eigenvalue weighted by Gasteiger charge is -2.18. The predicted octanol–water partition coefficient (Wildman–Crippen LogP) is 4.47. The molecule has 1 aliphatic rings. The lowest BCUT2D eigenvalue weighted by atomic mass is 10.1. The predicted molar refractivity (Wildman–Crippen MR) is 118 cm³/mol. The SMILES string of the molecule is Cc1cccc(C(=O)N2CCc3ccc(CNS(=O)(=O)c4ccc(F)c(Cl)c4)cc32)c1. The van der Waals surface area contributed by atoms with Gasteiger partial charge in [-0.2, -0.15) is 0 Å². The van der Waals surface area contributed by atoms with Gasteiger partial charge in [-0.25, -0.2) is 17.5 Å². The Bertz CT molecular complexity index is 1280. The topological polar surface area (TPSA) is 66.5 Å². The van der Waals surface area contributed by atoms with Crippen molar-refractivity contribution in [3.8, 4) is 0 Å². The molecular formula is C23H20ClFN2O3S. The molecule has 0 fully saturated rings. The normalized spacial score (nSPS) is 13.3. The van der Waals surface area contributed by atoms with Crippen molar-refractivity contribution < 1.29 is 17.6 Å². The summed E-state index contributed by atoms with van der Waals surface area (Å²) in [4.78, 5) is 14.6. The Balaban J connectivity index is 1.54. The number of carbonyl (C=O) groups is 1. The van der Waals surface area contributed by atoms with Gasteiger partial charge in [0.15, 0.2) is 0 Å². The molecule has 0 spiro atoms. The van der Waals surface area contributed by atoms with Crippen molar-refractivity contribution in [2.24, 2.45) is 0 Å². The molecule has 4 rings (SSSR count). The fourth-order valence-corrected chi connectivity index (χ4v) is 4.87. The Kier molecular flexibility index (Phi) is 5.83. The van der Waals surface area contributed by atoms with Gasteiger partial charge in [-0.1, -0.05) is 41.4 Å². The highest BCUT2D eigenvalue weighted by Crippen LogP contribution is 2.31. The first-order valence-electron chi connectivity index (χ1n) is 9.70.